The summed E-state index contributed by atoms with van der Waals surface area (Å²) in [6.07, 6.45) is 4.05. The fourth-order valence-electron chi connectivity index (χ4n) is 5.07. The van der Waals surface area contributed by atoms with Crippen molar-refractivity contribution < 1.29 is 19.4 Å². The fourth-order valence-corrected chi connectivity index (χ4v) is 5.07. The predicted octanol–water partition coefficient (Wildman–Crippen LogP) is 4.79. The van der Waals surface area contributed by atoms with E-state index in [9.17, 15) is 9.90 Å². The van der Waals surface area contributed by atoms with Gasteiger partial charge in [-0.2, -0.15) is 0 Å². The number of aliphatic hydroxyl groups excluding tert-OH is 1. The second-order valence-corrected chi connectivity index (χ2v) is 9.20. The second kappa shape index (κ2) is 10.4. The smallest absolute Gasteiger partial charge is 0.334 e. The number of carbonyl (C=O) groups is 1. The number of hydrogen-bond donors (Lipinski definition) is 1. The Bertz CT molecular complexity index is 1170. The molecular weight excluding hydrogens is 426 g/mol. The first-order valence-electron chi connectivity index (χ1n) is 12.1. The quantitative estimate of drug-likeness (QED) is 0.408. The molecule has 2 aliphatic rings. The number of aliphatic hydroxyl groups is 1. The Morgan fingerprint density at radius 1 is 1.03 bits per heavy atom. The predicted molar refractivity (Wildman–Crippen MR) is 134 cm³/mol. The number of fused-ring (bicyclic) bond motifs is 1. The van der Waals surface area contributed by atoms with Crippen LogP contribution in [0.4, 0.5) is 0 Å². The van der Waals surface area contributed by atoms with E-state index in [2.05, 4.69) is 47.4 Å². The molecule has 1 unspecified atom stereocenters. The summed E-state index contributed by atoms with van der Waals surface area (Å²) in [5.41, 5.74) is 2.93. The van der Waals surface area contributed by atoms with Crippen LogP contribution in [-0.2, 0) is 9.53 Å². The maximum absolute atomic E-state index is 11.8. The van der Waals surface area contributed by atoms with Crippen molar-refractivity contribution in [1.29, 1.82) is 0 Å². The van der Waals surface area contributed by atoms with E-state index in [1.54, 1.807) is 0 Å². The lowest BCUT2D eigenvalue weighted by atomic mass is 9.86. The van der Waals surface area contributed by atoms with Gasteiger partial charge in [0.2, 0.25) is 0 Å². The van der Waals surface area contributed by atoms with Crippen LogP contribution in [0.25, 0.3) is 16.8 Å². The summed E-state index contributed by atoms with van der Waals surface area (Å²) in [5.74, 6) is 0.961. The number of cyclic esters (lactones) is 1. The lowest BCUT2D eigenvalue weighted by Crippen LogP contribution is -2.40. The van der Waals surface area contributed by atoms with Gasteiger partial charge >= 0.3 is 5.97 Å². The molecule has 0 radical (unpaired) electrons. The Labute approximate surface area is 200 Å². The van der Waals surface area contributed by atoms with Crippen molar-refractivity contribution in [3.63, 3.8) is 0 Å². The zero-order valence-corrected chi connectivity index (χ0v) is 19.4. The molecule has 1 atom stereocenters. The van der Waals surface area contributed by atoms with Gasteiger partial charge in [0.25, 0.3) is 0 Å². The molecule has 5 nitrogen and oxygen atoms in total. The van der Waals surface area contributed by atoms with E-state index < -0.39 is 6.10 Å². The van der Waals surface area contributed by atoms with Gasteiger partial charge < -0.3 is 19.5 Å². The summed E-state index contributed by atoms with van der Waals surface area (Å²) >= 11 is 0. The molecule has 5 rings (SSSR count). The van der Waals surface area contributed by atoms with E-state index in [0.29, 0.717) is 36.8 Å². The zero-order valence-electron chi connectivity index (χ0n) is 19.4. The minimum absolute atomic E-state index is 0.216. The van der Waals surface area contributed by atoms with E-state index in [0.717, 1.165) is 31.5 Å². The maximum Gasteiger partial charge on any atom is 0.334 e. The SMILES string of the molecule is O=C1OCCC1=Cc1ccccc1OCC(O)CN1CCC(c2cccc3ccccc23)CC1. The van der Waals surface area contributed by atoms with Crippen molar-refractivity contribution in [2.24, 2.45) is 0 Å². The topological polar surface area (TPSA) is 59.0 Å². The Balaban J connectivity index is 1.14. The van der Waals surface area contributed by atoms with Crippen LogP contribution in [0.15, 0.2) is 72.3 Å². The van der Waals surface area contributed by atoms with Crippen LogP contribution in [-0.4, -0.2) is 54.9 Å². The molecule has 0 bridgehead atoms. The van der Waals surface area contributed by atoms with Gasteiger partial charge in [0.05, 0.1) is 6.61 Å². The molecule has 34 heavy (non-hydrogen) atoms. The highest BCUT2D eigenvalue weighted by molar-refractivity contribution is 5.95. The van der Waals surface area contributed by atoms with Crippen LogP contribution in [0.3, 0.4) is 0 Å². The minimum atomic E-state index is -0.578. The third-order valence-corrected chi connectivity index (χ3v) is 6.87. The Kier molecular flexibility index (Phi) is 6.93. The zero-order chi connectivity index (χ0) is 23.3. The first kappa shape index (κ1) is 22.6. The van der Waals surface area contributed by atoms with E-state index in [1.165, 1.54) is 16.3 Å². The molecule has 5 heteroatoms. The highest BCUT2D eigenvalue weighted by Gasteiger charge is 2.24. The van der Waals surface area contributed by atoms with Gasteiger partial charge in [0.1, 0.15) is 18.5 Å². The Morgan fingerprint density at radius 3 is 2.62 bits per heavy atom. The van der Waals surface area contributed by atoms with Crippen LogP contribution >= 0.6 is 0 Å². The maximum atomic E-state index is 11.8. The van der Waals surface area contributed by atoms with Crippen LogP contribution in [0.5, 0.6) is 5.75 Å². The van der Waals surface area contributed by atoms with E-state index >= 15 is 0 Å². The first-order chi connectivity index (χ1) is 16.7. The summed E-state index contributed by atoms with van der Waals surface area (Å²) in [5, 5.41) is 13.3. The molecule has 2 heterocycles. The van der Waals surface area contributed by atoms with Crippen molar-refractivity contribution in [2.75, 3.05) is 32.8 Å². The molecule has 0 aromatic heterocycles. The molecular formula is C29H31NO4. The Hall–Kier alpha value is -3.15. The third-order valence-electron chi connectivity index (χ3n) is 6.87. The number of piperidine rings is 1. The molecule has 0 saturated carbocycles. The normalized spacial score (nSPS) is 19.4. The number of esters is 1. The minimum Gasteiger partial charge on any atom is -0.490 e. The van der Waals surface area contributed by atoms with E-state index in [-0.39, 0.29) is 12.6 Å². The van der Waals surface area contributed by atoms with Gasteiger partial charge in [0, 0.05) is 24.1 Å². The molecule has 0 amide bonds. The van der Waals surface area contributed by atoms with Gasteiger partial charge in [-0.05, 0) is 60.3 Å². The van der Waals surface area contributed by atoms with Crippen molar-refractivity contribution in [3.8, 4) is 5.75 Å². The monoisotopic (exact) mass is 457 g/mol. The Morgan fingerprint density at radius 2 is 1.79 bits per heavy atom. The number of nitrogens with zero attached hydrogens (tertiary/aromatic N) is 1. The molecule has 0 aliphatic carbocycles. The number of benzene rings is 3. The summed E-state index contributed by atoms with van der Waals surface area (Å²) in [6, 6.07) is 22.8. The molecule has 3 aromatic rings. The van der Waals surface area contributed by atoms with Crippen LogP contribution in [0.1, 0.15) is 36.3 Å². The highest BCUT2D eigenvalue weighted by atomic mass is 16.5. The van der Waals surface area contributed by atoms with E-state index in [1.807, 2.05) is 30.3 Å². The van der Waals surface area contributed by atoms with Crippen molar-refractivity contribution in [1.82, 2.24) is 4.90 Å². The summed E-state index contributed by atoms with van der Waals surface area (Å²) in [7, 11) is 0. The third kappa shape index (κ3) is 5.16. The number of hydrogen-bond acceptors (Lipinski definition) is 5. The number of β-amino-alcohol motifs (C(OH)–C–C–N with tert-alkyl or cyclic N) is 1. The first-order valence-corrected chi connectivity index (χ1v) is 12.1. The number of para-hydroxylation sites is 1. The lowest BCUT2D eigenvalue weighted by molar-refractivity contribution is -0.134. The standard InChI is InChI=1S/C29H31NO4/c31-25(20-34-28-11-4-2-7-23(28)18-24-14-17-33-29(24)32)19-30-15-12-22(13-16-30)27-10-5-8-21-6-1-3-9-26(21)27/h1-11,18,22,25,31H,12-17,19-20H2. The van der Waals surface area contributed by atoms with Crippen LogP contribution in [0.2, 0.25) is 0 Å². The molecule has 1 N–H and O–H groups in total. The average Bonchev–Trinajstić information content (AvgIpc) is 3.28. The van der Waals surface area contributed by atoms with E-state index in [4.69, 9.17) is 9.47 Å². The average molecular weight is 458 g/mol. The molecule has 0 spiro atoms. The lowest BCUT2D eigenvalue weighted by Gasteiger charge is -2.33. The number of rotatable bonds is 7. The van der Waals surface area contributed by atoms with Gasteiger partial charge in [-0.1, -0.05) is 60.7 Å². The highest BCUT2D eigenvalue weighted by Crippen LogP contribution is 2.33. The van der Waals surface area contributed by atoms with Gasteiger partial charge in [-0.3, -0.25) is 0 Å². The van der Waals surface area contributed by atoms with Gasteiger partial charge in [-0.15, -0.1) is 0 Å². The molecule has 3 aromatic carbocycles. The fraction of sp³-hybridized carbons (Fsp3) is 0.345. The number of ether oxygens (including phenoxy) is 2. The van der Waals surface area contributed by atoms with Crippen molar-refractivity contribution in [2.45, 2.75) is 31.3 Å². The van der Waals surface area contributed by atoms with Crippen molar-refractivity contribution in [3.05, 3.63) is 83.4 Å². The number of carbonyl (C=O) groups excluding carboxylic acids is 1. The van der Waals surface area contributed by atoms with Crippen molar-refractivity contribution >= 4 is 22.8 Å². The summed E-state index contributed by atoms with van der Waals surface area (Å²) in [6.45, 7) is 3.18. The molecule has 2 aliphatic heterocycles. The molecule has 2 fully saturated rings. The largest absolute Gasteiger partial charge is 0.490 e. The van der Waals surface area contributed by atoms with Gasteiger partial charge in [0.15, 0.2) is 0 Å². The molecule has 2 saturated heterocycles. The van der Waals surface area contributed by atoms with Gasteiger partial charge in [-0.25, -0.2) is 4.79 Å². The molecule has 176 valence electrons. The van der Waals surface area contributed by atoms with Crippen LogP contribution < -0.4 is 4.74 Å². The summed E-state index contributed by atoms with van der Waals surface area (Å²) < 4.78 is 11.0. The number of likely N-dealkylation sites (tertiary alicyclic amines) is 1. The van der Waals surface area contributed by atoms with Crippen LogP contribution in [0, 0.1) is 0 Å². The second-order valence-electron chi connectivity index (χ2n) is 9.20. The summed E-state index contributed by atoms with van der Waals surface area (Å²) in [4.78, 5) is 14.1.